The highest BCUT2D eigenvalue weighted by Crippen LogP contribution is 2.41. The Kier molecular flexibility index (Phi) is 1.91. The fraction of sp³-hybridized carbons (Fsp3) is 0.700. The summed E-state index contributed by atoms with van der Waals surface area (Å²) in [6.45, 7) is 8.40. The summed E-state index contributed by atoms with van der Waals surface area (Å²) in [5.41, 5.74) is -0.139. The van der Waals surface area contributed by atoms with Gasteiger partial charge < -0.3 is 0 Å². The molecule has 2 unspecified atom stereocenters. The molecular formula is C10H16O. The Morgan fingerprint density at radius 3 is 2.27 bits per heavy atom. The summed E-state index contributed by atoms with van der Waals surface area (Å²) in [6, 6.07) is 0. The normalized spacial score (nSPS) is 37.2. The minimum Gasteiger partial charge on any atom is -0.294 e. The van der Waals surface area contributed by atoms with Crippen molar-refractivity contribution in [2.45, 2.75) is 27.7 Å². The molecule has 0 saturated heterocycles. The third-order valence-corrected chi connectivity index (χ3v) is 3.21. The highest BCUT2D eigenvalue weighted by molar-refractivity contribution is 5.97. The van der Waals surface area contributed by atoms with E-state index in [1.54, 1.807) is 6.08 Å². The number of allylic oxidation sites excluding steroid dienone is 2. The summed E-state index contributed by atoms with van der Waals surface area (Å²) in [7, 11) is 0. The van der Waals surface area contributed by atoms with Gasteiger partial charge in [0.2, 0.25) is 0 Å². The van der Waals surface area contributed by atoms with Crippen molar-refractivity contribution in [3.8, 4) is 0 Å². The summed E-state index contributed by atoms with van der Waals surface area (Å²) in [5.74, 6) is 1.12. The van der Waals surface area contributed by atoms with Crippen molar-refractivity contribution in [2.24, 2.45) is 17.3 Å². The monoisotopic (exact) mass is 152 g/mol. The molecule has 0 amide bonds. The first-order chi connectivity index (χ1) is 4.99. The second-order valence-corrected chi connectivity index (χ2v) is 3.95. The first kappa shape index (κ1) is 8.51. The molecule has 2 atom stereocenters. The lowest BCUT2D eigenvalue weighted by atomic mass is 9.71. The zero-order valence-corrected chi connectivity index (χ0v) is 7.72. The van der Waals surface area contributed by atoms with Crippen LogP contribution in [0.2, 0.25) is 0 Å². The van der Waals surface area contributed by atoms with Crippen LogP contribution >= 0.6 is 0 Å². The molecule has 0 spiro atoms. The topological polar surface area (TPSA) is 17.1 Å². The van der Waals surface area contributed by atoms with Crippen LogP contribution in [0.1, 0.15) is 27.7 Å². The summed E-state index contributed by atoms with van der Waals surface area (Å²) in [5, 5.41) is 0. The minimum absolute atomic E-state index is 0.139. The van der Waals surface area contributed by atoms with E-state index >= 15 is 0 Å². The van der Waals surface area contributed by atoms with Crippen molar-refractivity contribution in [3.63, 3.8) is 0 Å². The first-order valence-corrected chi connectivity index (χ1v) is 4.22. The van der Waals surface area contributed by atoms with Gasteiger partial charge in [-0.25, -0.2) is 0 Å². The predicted molar refractivity (Wildman–Crippen MR) is 46.3 cm³/mol. The fourth-order valence-electron chi connectivity index (χ4n) is 1.65. The second kappa shape index (κ2) is 2.47. The quantitative estimate of drug-likeness (QED) is 0.564. The highest BCUT2D eigenvalue weighted by Gasteiger charge is 2.42. The highest BCUT2D eigenvalue weighted by atomic mass is 16.1. The van der Waals surface area contributed by atoms with Gasteiger partial charge in [-0.05, 0) is 17.9 Å². The maximum Gasteiger partial charge on any atom is 0.162 e. The van der Waals surface area contributed by atoms with Crippen molar-refractivity contribution < 1.29 is 4.79 Å². The van der Waals surface area contributed by atoms with E-state index in [0.29, 0.717) is 17.6 Å². The molecule has 0 fully saturated rings. The number of hydrogen-bond donors (Lipinski definition) is 0. The fourth-order valence-corrected chi connectivity index (χ4v) is 1.65. The summed E-state index contributed by atoms with van der Waals surface area (Å²) in [6.07, 6.45) is 3.74. The van der Waals surface area contributed by atoms with Crippen LogP contribution in [-0.4, -0.2) is 5.78 Å². The van der Waals surface area contributed by atoms with Crippen molar-refractivity contribution >= 4 is 5.78 Å². The molecule has 1 nitrogen and oxygen atoms in total. The van der Waals surface area contributed by atoms with E-state index in [2.05, 4.69) is 27.7 Å². The van der Waals surface area contributed by atoms with Gasteiger partial charge >= 0.3 is 0 Å². The third kappa shape index (κ3) is 1.03. The van der Waals surface area contributed by atoms with Crippen LogP contribution in [0.3, 0.4) is 0 Å². The summed E-state index contributed by atoms with van der Waals surface area (Å²) < 4.78 is 0. The number of hydrogen-bond acceptors (Lipinski definition) is 1. The van der Waals surface area contributed by atoms with Crippen LogP contribution in [0.25, 0.3) is 0 Å². The van der Waals surface area contributed by atoms with Gasteiger partial charge in [0.25, 0.3) is 0 Å². The van der Waals surface area contributed by atoms with Crippen molar-refractivity contribution in [1.82, 2.24) is 0 Å². The van der Waals surface area contributed by atoms with Gasteiger partial charge in [0.15, 0.2) is 5.78 Å². The van der Waals surface area contributed by atoms with E-state index in [0.717, 1.165) is 0 Å². The van der Waals surface area contributed by atoms with E-state index < -0.39 is 0 Å². The molecule has 0 heterocycles. The van der Waals surface area contributed by atoms with Crippen LogP contribution in [0, 0.1) is 17.3 Å². The summed E-state index contributed by atoms with van der Waals surface area (Å²) in [4.78, 5) is 11.5. The van der Waals surface area contributed by atoms with Gasteiger partial charge in [-0.3, -0.25) is 4.79 Å². The molecule has 0 radical (unpaired) electrons. The Labute approximate surface area is 68.5 Å². The Hall–Kier alpha value is -0.590. The standard InChI is InChI=1S/C10H16O/c1-7(2)10(4)8(3)5-6-9(10)11/h5-8H,1-4H3. The van der Waals surface area contributed by atoms with Gasteiger partial charge in [-0.2, -0.15) is 0 Å². The Balaban J connectivity index is 2.94. The lowest BCUT2D eigenvalue weighted by Gasteiger charge is -2.31. The maximum absolute atomic E-state index is 11.5. The molecular weight excluding hydrogens is 136 g/mol. The molecule has 0 bridgehead atoms. The molecule has 1 heteroatoms. The number of carbonyl (C=O) groups excluding carboxylic acids is 1. The number of ketones is 1. The SMILES string of the molecule is CC(C)C1(C)C(=O)C=CC1C. The van der Waals surface area contributed by atoms with E-state index in [1.165, 1.54) is 0 Å². The molecule has 1 aliphatic rings. The van der Waals surface area contributed by atoms with Crippen LogP contribution in [0.15, 0.2) is 12.2 Å². The molecule has 62 valence electrons. The molecule has 0 aliphatic heterocycles. The zero-order valence-electron chi connectivity index (χ0n) is 7.72. The minimum atomic E-state index is -0.139. The lowest BCUT2D eigenvalue weighted by molar-refractivity contribution is -0.125. The largest absolute Gasteiger partial charge is 0.294 e. The van der Waals surface area contributed by atoms with Gasteiger partial charge in [0.05, 0.1) is 0 Å². The Morgan fingerprint density at radius 2 is 2.09 bits per heavy atom. The second-order valence-electron chi connectivity index (χ2n) is 3.95. The van der Waals surface area contributed by atoms with Crippen molar-refractivity contribution in [1.29, 1.82) is 0 Å². The maximum atomic E-state index is 11.5. The van der Waals surface area contributed by atoms with Gasteiger partial charge in [0, 0.05) is 5.41 Å². The predicted octanol–water partition coefficient (Wildman–Crippen LogP) is 2.42. The van der Waals surface area contributed by atoms with Crippen LogP contribution < -0.4 is 0 Å². The summed E-state index contributed by atoms with van der Waals surface area (Å²) >= 11 is 0. The Bertz CT molecular complexity index is 203. The third-order valence-electron chi connectivity index (χ3n) is 3.21. The first-order valence-electron chi connectivity index (χ1n) is 4.22. The van der Waals surface area contributed by atoms with Gasteiger partial charge in [0.1, 0.15) is 0 Å². The molecule has 0 aromatic rings. The molecule has 0 N–H and O–H groups in total. The average Bonchev–Trinajstić information content (AvgIpc) is 2.18. The molecule has 1 aliphatic carbocycles. The van der Waals surface area contributed by atoms with E-state index in [4.69, 9.17) is 0 Å². The van der Waals surface area contributed by atoms with Crippen LogP contribution in [0.4, 0.5) is 0 Å². The zero-order chi connectivity index (χ0) is 8.65. The smallest absolute Gasteiger partial charge is 0.162 e. The average molecular weight is 152 g/mol. The molecule has 0 aromatic carbocycles. The van der Waals surface area contributed by atoms with Crippen LogP contribution in [0.5, 0.6) is 0 Å². The number of rotatable bonds is 1. The van der Waals surface area contributed by atoms with E-state index in [9.17, 15) is 4.79 Å². The van der Waals surface area contributed by atoms with Gasteiger partial charge in [-0.1, -0.05) is 33.8 Å². The van der Waals surface area contributed by atoms with Gasteiger partial charge in [-0.15, -0.1) is 0 Å². The molecule has 11 heavy (non-hydrogen) atoms. The van der Waals surface area contributed by atoms with E-state index in [1.807, 2.05) is 6.08 Å². The number of carbonyl (C=O) groups is 1. The molecule has 1 rings (SSSR count). The van der Waals surface area contributed by atoms with E-state index in [-0.39, 0.29) is 5.41 Å². The molecule has 0 aromatic heterocycles. The van der Waals surface area contributed by atoms with Crippen LogP contribution in [-0.2, 0) is 4.79 Å². The van der Waals surface area contributed by atoms with Crippen molar-refractivity contribution in [2.75, 3.05) is 0 Å². The van der Waals surface area contributed by atoms with Crippen molar-refractivity contribution in [3.05, 3.63) is 12.2 Å². The molecule has 0 saturated carbocycles. The Morgan fingerprint density at radius 1 is 1.55 bits per heavy atom. The lowest BCUT2D eigenvalue weighted by Crippen LogP contribution is -2.33.